The lowest BCUT2D eigenvalue weighted by Crippen LogP contribution is -2.33. The summed E-state index contributed by atoms with van der Waals surface area (Å²) >= 11 is 0. The van der Waals surface area contributed by atoms with Gasteiger partial charge in [0.05, 0.1) is 12.6 Å². The van der Waals surface area contributed by atoms with Gasteiger partial charge in [-0.1, -0.05) is 18.2 Å². The van der Waals surface area contributed by atoms with Crippen LogP contribution < -0.4 is 5.73 Å². The highest BCUT2D eigenvalue weighted by atomic mass is 16.5. The molecular weight excluding hydrogens is 216 g/mol. The Kier molecular flexibility index (Phi) is 3.35. The van der Waals surface area contributed by atoms with Crippen molar-refractivity contribution in [2.75, 3.05) is 7.11 Å². The van der Waals surface area contributed by atoms with Gasteiger partial charge in [-0.25, -0.2) is 0 Å². The van der Waals surface area contributed by atoms with E-state index in [0.29, 0.717) is 6.42 Å². The minimum Gasteiger partial charge on any atom is -0.468 e. The molecular formula is C13H14N2O2. The molecule has 0 fully saturated rings. The summed E-state index contributed by atoms with van der Waals surface area (Å²) in [6, 6.07) is 9.01. The fraction of sp³-hybridized carbons (Fsp3) is 0.231. The first kappa shape index (κ1) is 11.5. The summed E-state index contributed by atoms with van der Waals surface area (Å²) in [6.07, 6.45) is 2.20. The number of aromatic nitrogens is 1. The van der Waals surface area contributed by atoms with Gasteiger partial charge in [0.15, 0.2) is 0 Å². The van der Waals surface area contributed by atoms with Crippen molar-refractivity contribution in [2.24, 2.45) is 5.73 Å². The van der Waals surface area contributed by atoms with E-state index in [1.807, 2.05) is 30.3 Å². The van der Waals surface area contributed by atoms with Crippen molar-refractivity contribution in [3.8, 4) is 0 Å². The van der Waals surface area contributed by atoms with Crippen LogP contribution in [0.5, 0.6) is 0 Å². The van der Waals surface area contributed by atoms with Crippen molar-refractivity contribution >= 4 is 16.9 Å². The number of nitrogens with zero attached hydrogens (tertiary/aromatic N) is 1. The van der Waals surface area contributed by atoms with Gasteiger partial charge in [-0.15, -0.1) is 0 Å². The summed E-state index contributed by atoms with van der Waals surface area (Å²) in [4.78, 5) is 15.5. The highest BCUT2D eigenvalue weighted by Gasteiger charge is 2.15. The molecule has 0 bridgehead atoms. The molecule has 2 aromatic rings. The summed E-state index contributed by atoms with van der Waals surface area (Å²) in [7, 11) is 1.34. The third kappa shape index (κ3) is 2.42. The van der Waals surface area contributed by atoms with Gasteiger partial charge in [-0.3, -0.25) is 9.78 Å². The van der Waals surface area contributed by atoms with Crippen LogP contribution in [-0.4, -0.2) is 24.1 Å². The summed E-state index contributed by atoms with van der Waals surface area (Å²) in [5.74, 6) is -0.397. The summed E-state index contributed by atoms with van der Waals surface area (Å²) in [6.45, 7) is 0. The molecule has 4 heteroatoms. The first-order valence-corrected chi connectivity index (χ1v) is 5.38. The first-order chi connectivity index (χ1) is 8.22. The zero-order valence-corrected chi connectivity index (χ0v) is 9.59. The van der Waals surface area contributed by atoms with Gasteiger partial charge in [-0.2, -0.15) is 0 Å². The molecule has 4 nitrogen and oxygen atoms in total. The van der Waals surface area contributed by atoms with Crippen LogP contribution in [0.1, 0.15) is 5.56 Å². The number of hydrogen-bond acceptors (Lipinski definition) is 4. The van der Waals surface area contributed by atoms with E-state index in [9.17, 15) is 4.79 Å². The fourth-order valence-corrected chi connectivity index (χ4v) is 1.82. The third-order valence-corrected chi connectivity index (χ3v) is 2.68. The van der Waals surface area contributed by atoms with E-state index < -0.39 is 12.0 Å². The lowest BCUT2D eigenvalue weighted by atomic mass is 10.0. The van der Waals surface area contributed by atoms with E-state index in [1.54, 1.807) is 6.20 Å². The van der Waals surface area contributed by atoms with Gasteiger partial charge < -0.3 is 10.5 Å². The van der Waals surface area contributed by atoms with Gasteiger partial charge in [-0.05, 0) is 24.1 Å². The van der Waals surface area contributed by atoms with Crippen LogP contribution in [-0.2, 0) is 16.0 Å². The van der Waals surface area contributed by atoms with Crippen LogP contribution in [0.4, 0.5) is 0 Å². The zero-order valence-electron chi connectivity index (χ0n) is 9.59. The Hall–Kier alpha value is -1.94. The largest absolute Gasteiger partial charge is 0.468 e. The molecule has 0 spiro atoms. The van der Waals surface area contributed by atoms with Crippen LogP contribution in [0.15, 0.2) is 36.5 Å². The minimum absolute atomic E-state index is 0.397. The monoisotopic (exact) mass is 230 g/mol. The molecule has 0 unspecified atom stereocenters. The normalized spacial score (nSPS) is 12.4. The molecule has 0 aliphatic carbocycles. The maximum atomic E-state index is 11.3. The summed E-state index contributed by atoms with van der Waals surface area (Å²) in [5, 5.41) is 1.02. The lowest BCUT2D eigenvalue weighted by molar-refractivity contribution is -0.142. The predicted octanol–water partition coefficient (Wildman–Crippen LogP) is 1.28. The van der Waals surface area contributed by atoms with Crippen molar-refractivity contribution in [1.29, 1.82) is 0 Å². The molecule has 0 amide bonds. The number of nitrogens with two attached hydrogens (primary N) is 1. The second-order valence-electron chi connectivity index (χ2n) is 3.82. The maximum absolute atomic E-state index is 11.3. The molecule has 1 aromatic carbocycles. The zero-order chi connectivity index (χ0) is 12.3. The molecule has 0 saturated carbocycles. The number of ether oxygens (including phenoxy) is 1. The number of carbonyl (C=O) groups excluding carboxylic acids is 1. The number of benzene rings is 1. The number of esters is 1. The Morgan fingerprint density at radius 3 is 3.00 bits per heavy atom. The van der Waals surface area contributed by atoms with E-state index >= 15 is 0 Å². The van der Waals surface area contributed by atoms with E-state index in [0.717, 1.165) is 16.5 Å². The van der Waals surface area contributed by atoms with Crippen LogP contribution in [0.2, 0.25) is 0 Å². The predicted molar refractivity (Wildman–Crippen MR) is 65.4 cm³/mol. The third-order valence-electron chi connectivity index (χ3n) is 2.68. The highest BCUT2D eigenvalue weighted by Crippen LogP contribution is 2.17. The van der Waals surface area contributed by atoms with Crippen molar-refractivity contribution in [1.82, 2.24) is 4.98 Å². The van der Waals surface area contributed by atoms with Gasteiger partial charge in [0.1, 0.15) is 6.04 Å². The Balaban J connectivity index is 2.33. The van der Waals surface area contributed by atoms with E-state index in [4.69, 9.17) is 5.73 Å². The Bertz CT molecular complexity index is 534. The van der Waals surface area contributed by atoms with Gasteiger partial charge in [0, 0.05) is 11.6 Å². The standard InChI is InChI=1S/C13H14N2O2/c1-17-13(16)11(14)8-9-4-2-6-12-10(9)5-3-7-15-12/h2-7,11H,8,14H2,1H3/t11-/m0/s1. The number of rotatable bonds is 3. The first-order valence-electron chi connectivity index (χ1n) is 5.38. The number of methoxy groups -OCH3 is 1. The van der Waals surface area contributed by atoms with Crippen molar-refractivity contribution in [3.63, 3.8) is 0 Å². The maximum Gasteiger partial charge on any atom is 0.322 e. The van der Waals surface area contributed by atoms with Crippen molar-refractivity contribution < 1.29 is 9.53 Å². The second kappa shape index (κ2) is 4.93. The minimum atomic E-state index is -0.634. The molecule has 2 N–H and O–H groups in total. The molecule has 2 rings (SSSR count). The molecule has 0 aliphatic heterocycles. The quantitative estimate of drug-likeness (QED) is 0.807. The smallest absolute Gasteiger partial charge is 0.322 e. The molecule has 1 aromatic heterocycles. The Morgan fingerprint density at radius 1 is 1.41 bits per heavy atom. The van der Waals surface area contributed by atoms with Crippen molar-refractivity contribution in [3.05, 3.63) is 42.1 Å². The van der Waals surface area contributed by atoms with Crippen LogP contribution in [0.25, 0.3) is 10.9 Å². The van der Waals surface area contributed by atoms with Gasteiger partial charge in [0.2, 0.25) is 0 Å². The Morgan fingerprint density at radius 2 is 2.24 bits per heavy atom. The number of pyridine rings is 1. The average Bonchev–Trinajstić information content (AvgIpc) is 2.38. The van der Waals surface area contributed by atoms with Crippen LogP contribution in [0, 0.1) is 0 Å². The van der Waals surface area contributed by atoms with E-state index in [2.05, 4.69) is 9.72 Å². The number of hydrogen-bond donors (Lipinski definition) is 1. The van der Waals surface area contributed by atoms with Gasteiger partial charge in [0.25, 0.3) is 0 Å². The molecule has 0 radical (unpaired) electrons. The van der Waals surface area contributed by atoms with Crippen LogP contribution >= 0.6 is 0 Å². The molecule has 1 heterocycles. The molecule has 0 aliphatic rings. The summed E-state index contributed by atoms with van der Waals surface area (Å²) < 4.78 is 4.62. The topological polar surface area (TPSA) is 65.2 Å². The van der Waals surface area contributed by atoms with Crippen LogP contribution in [0.3, 0.4) is 0 Å². The number of carbonyl (C=O) groups is 1. The molecule has 1 atom stereocenters. The molecule has 0 saturated heterocycles. The van der Waals surface area contributed by atoms with Crippen molar-refractivity contribution in [2.45, 2.75) is 12.5 Å². The average molecular weight is 230 g/mol. The molecule has 17 heavy (non-hydrogen) atoms. The number of fused-ring (bicyclic) bond motifs is 1. The summed E-state index contributed by atoms with van der Waals surface area (Å²) in [5.41, 5.74) is 7.67. The van der Waals surface area contributed by atoms with Gasteiger partial charge >= 0.3 is 5.97 Å². The SMILES string of the molecule is COC(=O)[C@@H](N)Cc1cccc2ncccc12. The fourth-order valence-electron chi connectivity index (χ4n) is 1.82. The highest BCUT2D eigenvalue weighted by molar-refractivity contribution is 5.83. The van der Waals surface area contributed by atoms with E-state index in [1.165, 1.54) is 7.11 Å². The second-order valence-corrected chi connectivity index (χ2v) is 3.82. The van der Waals surface area contributed by atoms with E-state index in [-0.39, 0.29) is 0 Å². The Labute approximate surface area is 99.4 Å². The molecule has 88 valence electrons. The lowest BCUT2D eigenvalue weighted by Gasteiger charge is -2.10.